The van der Waals surface area contributed by atoms with Crippen LogP contribution in [0.3, 0.4) is 0 Å². The normalized spacial score (nSPS) is 17.0. The quantitative estimate of drug-likeness (QED) is 0.448. The van der Waals surface area contributed by atoms with Crippen molar-refractivity contribution in [3.63, 3.8) is 0 Å². The standard InChI is InChI=1S/C26H30N8O/c1-32-10-8-21(31-32)20-5-6-22-23(16-20)29-26(28-22)30-24-15-18(7-9-27-24)17-33-11-13-34(14-12-33)25(35)19-3-2-4-19/h5-10,15-16,19H,2-4,11-14,17H2,1H3,(H2,27,28,29,30). The summed E-state index contributed by atoms with van der Waals surface area (Å²) in [7, 11) is 1.92. The topological polar surface area (TPSA) is 95.0 Å². The van der Waals surface area contributed by atoms with Crippen molar-refractivity contribution in [2.75, 3.05) is 31.5 Å². The minimum absolute atomic E-state index is 0.287. The number of aryl methyl sites for hydroxylation is 1. The molecule has 1 amide bonds. The number of anilines is 2. The number of nitrogens with one attached hydrogen (secondary N) is 2. The number of fused-ring (bicyclic) bond motifs is 1. The van der Waals surface area contributed by atoms with Crippen molar-refractivity contribution in [3.05, 3.63) is 54.4 Å². The van der Waals surface area contributed by atoms with Crippen molar-refractivity contribution in [2.24, 2.45) is 13.0 Å². The molecule has 0 spiro atoms. The van der Waals surface area contributed by atoms with Crippen LogP contribution < -0.4 is 5.32 Å². The highest BCUT2D eigenvalue weighted by atomic mass is 16.2. The lowest BCUT2D eigenvalue weighted by atomic mass is 9.84. The molecule has 0 radical (unpaired) electrons. The molecule has 2 N–H and O–H groups in total. The number of imidazole rings is 1. The van der Waals surface area contributed by atoms with E-state index in [4.69, 9.17) is 0 Å². The van der Waals surface area contributed by atoms with E-state index in [9.17, 15) is 4.79 Å². The van der Waals surface area contributed by atoms with Gasteiger partial charge in [-0.05, 0) is 48.7 Å². The first-order chi connectivity index (χ1) is 17.1. The number of aromatic nitrogens is 5. The Morgan fingerprint density at radius 2 is 1.97 bits per heavy atom. The highest BCUT2D eigenvalue weighted by molar-refractivity contribution is 5.83. The molecular weight excluding hydrogens is 440 g/mol. The fourth-order valence-electron chi connectivity index (χ4n) is 4.86. The van der Waals surface area contributed by atoms with Gasteiger partial charge >= 0.3 is 0 Å². The summed E-state index contributed by atoms with van der Waals surface area (Å²) >= 11 is 0. The monoisotopic (exact) mass is 470 g/mol. The highest BCUT2D eigenvalue weighted by Crippen LogP contribution is 2.29. The molecule has 35 heavy (non-hydrogen) atoms. The molecule has 0 bridgehead atoms. The van der Waals surface area contributed by atoms with E-state index in [0.717, 1.165) is 73.7 Å². The number of hydrogen-bond donors (Lipinski definition) is 2. The number of carbonyl (C=O) groups excluding carboxylic acids is 1. The average molecular weight is 471 g/mol. The van der Waals surface area contributed by atoms with Gasteiger partial charge < -0.3 is 15.2 Å². The smallest absolute Gasteiger partial charge is 0.225 e. The fraction of sp³-hybridized carbons (Fsp3) is 0.385. The first-order valence-corrected chi connectivity index (χ1v) is 12.3. The van der Waals surface area contributed by atoms with Crippen LogP contribution in [0.4, 0.5) is 11.8 Å². The molecule has 1 aliphatic heterocycles. The van der Waals surface area contributed by atoms with Gasteiger partial charge in [-0.1, -0.05) is 12.5 Å². The van der Waals surface area contributed by atoms with Crippen molar-refractivity contribution >= 4 is 28.7 Å². The second kappa shape index (κ2) is 9.14. The van der Waals surface area contributed by atoms with Gasteiger partial charge in [0.05, 0.1) is 16.7 Å². The molecule has 0 atom stereocenters. The zero-order chi connectivity index (χ0) is 23.8. The summed E-state index contributed by atoms with van der Waals surface area (Å²) in [5.41, 5.74) is 5.00. The van der Waals surface area contributed by atoms with Crippen molar-refractivity contribution in [1.29, 1.82) is 0 Å². The molecule has 4 aromatic rings. The van der Waals surface area contributed by atoms with Gasteiger partial charge in [0.2, 0.25) is 11.9 Å². The van der Waals surface area contributed by atoms with Gasteiger partial charge in [-0.25, -0.2) is 9.97 Å². The summed E-state index contributed by atoms with van der Waals surface area (Å²) < 4.78 is 1.80. The van der Waals surface area contributed by atoms with E-state index in [1.54, 1.807) is 4.68 Å². The number of H-pyrrole nitrogens is 1. The van der Waals surface area contributed by atoms with Crippen molar-refractivity contribution < 1.29 is 4.79 Å². The fourth-order valence-corrected chi connectivity index (χ4v) is 4.86. The molecule has 2 aliphatic rings. The molecule has 0 unspecified atom stereocenters. The number of piperazine rings is 1. The van der Waals surface area contributed by atoms with E-state index in [-0.39, 0.29) is 5.92 Å². The van der Waals surface area contributed by atoms with E-state index in [1.807, 2.05) is 37.6 Å². The Balaban J connectivity index is 1.09. The number of aromatic amines is 1. The van der Waals surface area contributed by atoms with Gasteiger partial charge in [0.15, 0.2) is 0 Å². The molecule has 1 aliphatic carbocycles. The predicted molar refractivity (Wildman–Crippen MR) is 135 cm³/mol. The summed E-state index contributed by atoms with van der Waals surface area (Å²) in [4.78, 5) is 29.5. The van der Waals surface area contributed by atoms with Crippen LogP contribution in [0.2, 0.25) is 0 Å². The van der Waals surface area contributed by atoms with Crippen LogP contribution in [0.15, 0.2) is 48.8 Å². The molecule has 1 saturated heterocycles. The van der Waals surface area contributed by atoms with Crippen LogP contribution in [-0.2, 0) is 18.4 Å². The van der Waals surface area contributed by atoms with E-state index in [2.05, 4.69) is 53.4 Å². The Bertz CT molecular complexity index is 1350. The van der Waals surface area contributed by atoms with Crippen molar-refractivity contribution in [1.82, 2.24) is 34.5 Å². The molecule has 9 nitrogen and oxygen atoms in total. The Hall–Kier alpha value is -3.72. The second-order valence-electron chi connectivity index (χ2n) is 9.60. The van der Waals surface area contributed by atoms with Crippen LogP contribution in [-0.4, -0.2) is 66.6 Å². The Morgan fingerprint density at radius 3 is 2.71 bits per heavy atom. The number of pyridine rings is 1. The third-order valence-electron chi connectivity index (χ3n) is 7.11. The molecule has 3 aromatic heterocycles. The van der Waals surface area contributed by atoms with Gasteiger partial charge in [-0.15, -0.1) is 0 Å². The minimum atomic E-state index is 0.287. The van der Waals surface area contributed by atoms with Crippen LogP contribution in [0.25, 0.3) is 22.3 Å². The number of hydrogen-bond acceptors (Lipinski definition) is 6. The van der Waals surface area contributed by atoms with Crippen LogP contribution in [0.5, 0.6) is 0 Å². The minimum Gasteiger partial charge on any atom is -0.340 e. The van der Waals surface area contributed by atoms with E-state index in [1.165, 1.54) is 12.0 Å². The number of carbonyl (C=O) groups is 1. The molecule has 2 fully saturated rings. The maximum atomic E-state index is 12.5. The lowest BCUT2D eigenvalue weighted by Gasteiger charge is -2.38. The highest BCUT2D eigenvalue weighted by Gasteiger charge is 2.31. The molecule has 4 heterocycles. The molecule has 6 rings (SSSR count). The molecule has 9 heteroatoms. The van der Waals surface area contributed by atoms with Gasteiger partial charge in [-0.2, -0.15) is 5.10 Å². The number of amides is 1. The Morgan fingerprint density at radius 1 is 1.11 bits per heavy atom. The Kier molecular flexibility index (Phi) is 5.69. The molecular formula is C26H30N8O. The largest absolute Gasteiger partial charge is 0.340 e. The summed E-state index contributed by atoms with van der Waals surface area (Å²) in [6, 6.07) is 12.2. The third kappa shape index (κ3) is 4.64. The number of benzene rings is 1. The third-order valence-corrected chi connectivity index (χ3v) is 7.11. The Labute approximate surface area is 204 Å². The summed E-state index contributed by atoms with van der Waals surface area (Å²) in [6.07, 6.45) is 7.11. The zero-order valence-corrected chi connectivity index (χ0v) is 19.9. The predicted octanol–water partition coefficient (Wildman–Crippen LogP) is 3.55. The first-order valence-electron chi connectivity index (χ1n) is 12.3. The number of rotatable bonds is 6. The van der Waals surface area contributed by atoms with Crippen molar-refractivity contribution in [2.45, 2.75) is 25.8 Å². The van der Waals surface area contributed by atoms with Gasteiger partial charge in [-0.3, -0.25) is 14.4 Å². The van der Waals surface area contributed by atoms with Gasteiger partial charge in [0.25, 0.3) is 0 Å². The first kappa shape index (κ1) is 21.8. The van der Waals surface area contributed by atoms with Gasteiger partial charge in [0, 0.05) is 63.6 Å². The van der Waals surface area contributed by atoms with Crippen LogP contribution in [0, 0.1) is 5.92 Å². The SMILES string of the molecule is Cn1ccc(-c2ccc3nc(Nc4cc(CN5CCN(C(=O)C6CCC6)CC5)ccn4)[nH]c3c2)n1. The average Bonchev–Trinajstić information content (AvgIpc) is 3.43. The molecule has 1 aromatic carbocycles. The van der Waals surface area contributed by atoms with E-state index >= 15 is 0 Å². The lowest BCUT2D eigenvalue weighted by molar-refractivity contribution is -0.140. The van der Waals surface area contributed by atoms with Crippen molar-refractivity contribution in [3.8, 4) is 11.3 Å². The second-order valence-corrected chi connectivity index (χ2v) is 9.60. The van der Waals surface area contributed by atoms with Crippen LogP contribution >= 0.6 is 0 Å². The zero-order valence-electron chi connectivity index (χ0n) is 19.9. The summed E-state index contributed by atoms with van der Waals surface area (Å²) in [5, 5.41) is 7.79. The maximum Gasteiger partial charge on any atom is 0.225 e. The molecule has 180 valence electrons. The number of nitrogens with zero attached hydrogens (tertiary/aromatic N) is 6. The summed E-state index contributed by atoms with van der Waals surface area (Å²) in [6.45, 7) is 4.31. The lowest BCUT2D eigenvalue weighted by Crippen LogP contribution is -2.50. The molecule has 1 saturated carbocycles. The van der Waals surface area contributed by atoms with E-state index < -0.39 is 0 Å². The maximum absolute atomic E-state index is 12.5. The van der Waals surface area contributed by atoms with Gasteiger partial charge in [0.1, 0.15) is 5.82 Å². The van der Waals surface area contributed by atoms with E-state index in [0.29, 0.717) is 11.9 Å². The summed E-state index contributed by atoms with van der Waals surface area (Å²) in [5.74, 6) is 2.07. The van der Waals surface area contributed by atoms with Crippen LogP contribution in [0.1, 0.15) is 24.8 Å².